The van der Waals surface area contributed by atoms with Crippen molar-refractivity contribution >= 4 is 30.2 Å². The Labute approximate surface area is 86.6 Å². The fourth-order valence-corrected chi connectivity index (χ4v) is 2.90. The predicted molar refractivity (Wildman–Crippen MR) is 55.7 cm³/mol. The Balaban J connectivity index is 4.27. The molecule has 1 atom stereocenters. The highest BCUT2D eigenvalue weighted by atomic mass is 127. The summed E-state index contributed by atoms with van der Waals surface area (Å²) < 4.78 is 26.2. The standard InChI is InChI=1S/C6H14IO4P/c1-4-10-12(8,11-5-2)6(7)9-3/h6H,4-5H2,1-3H3. The molecule has 4 nitrogen and oxygen atoms in total. The van der Waals surface area contributed by atoms with Crippen LogP contribution in [0.15, 0.2) is 0 Å². The average molecular weight is 308 g/mol. The van der Waals surface area contributed by atoms with Gasteiger partial charge in [0.15, 0.2) is 0 Å². The molecule has 0 aromatic carbocycles. The molecule has 0 aromatic rings. The summed E-state index contributed by atoms with van der Waals surface area (Å²) in [5.74, 6) is 0. The minimum Gasteiger partial charge on any atom is -0.359 e. The van der Waals surface area contributed by atoms with Crippen LogP contribution in [0.5, 0.6) is 0 Å². The molecule has 0 heterocycles. The summed E-state index contributed by atoms with van der Waals surface area (Å²) in [5, 5.41) is 0. The summed E-state index contributed by atoms with van der Waals surface area (Å²) in [6, 6.07) is 0. The van der Waals surface area contributed by atoms with E-state index in [1.165, 1.54) is 7.11 Å². The minimum absolute atomic E-state index is 0.361. The quantitative estimate of drug-likeness (QED) is 0.430. The lowest BCUT2D eigenvalue weighted by molar-refractivity contribution is 0.159. The zero-order valence-corrected chi connectivity index (χ0v) is 10.5. The van der Waals surface area contributed by atoms with Gasteiger partial charge in [0.25, 0.3) is 0 Å². The van der Waals surface area contributed by atoms with Crippen LogP contribution in [0.2, 0.25) is 0 Å². The number of hydrogen-bond donors (Lipinski definition) is 0. The monoisotopic (exact) mass is 308 g/mol. The van der Waals surface area contributed by atoms with Crippen molar-refractivity contribution in [3.05, 3.63) is 0 Å². The van der Waals surface area contributed by atoms with Gasteiger partial charge in [0.1, 0.15) is 0 Å². The first kappa shape index (κ1) is 12.8. The molecule has 0 aliphatic heterocycles. The molecule has 0 aliphatic rings. The molecule has 0 aromatic heterocycles. The van der Waals surface area contributed by atoms with Gasteiger partial charge < -0.3 is 13.8 Å². The highest BCUT2D eigenvalue weighted by Crippen LogP contribution is 2.55. The number of alkyl halides is 1. The third-order valence-corrected chi connectivity index (χ3v) is 5.56. The van der Waals surface area contributed by atoms with Gasteiger partial charge in [-0.1, -0.05) is 0 Å². The van der Waals surface area contributed by atoms with Gasteiger partial charge in [0.2, 0.25) is 3.85 Å². The van der Waals surface area contributed by atoms with Crippen molar-refractivity contribution in [1.29, 1.82) is 0 Å². The second kappa shape index (κ2) is 6.32. The molecule has 12 heavy (non-hydrogen) atoms. The van der Waals surface area contributed by atoms with Gasteiger partial charge in [0, 0.05) is 7.11 Å². The van der Waals surface area contributed by atoms with Crippen molar-refractivity contribution < 1.29 is 18.3 Å². The van der Waals surface area contributed by atoms with Crippen LogP contribution in [-0.4, -0.2) is 24.2 Å². The first-order chi connectivity index (χ1) is 5.60. The predicted octanol–water partition coefficient (Wildman–Crippen LogP) is 2.62. The van der Waals surface area contributed by atoms with E-state index in [0.29, 0.717) is 13.2 Å². The zero-order valence-electron chi connectivity index (χ0n) is 7.45. The van der Waals surface area contributed by atoms with Crippen molar-refractivity contribution in [2.24, 2.45) is 0 Å². The van der Waals surface area contributed by atoms with E-state index < -0.39 is 11.4 Å². The van der Waals surface area contributed by atoms with Crippen molar-refractivity contribution in [3.63, 3.8) is 0 Å². The second-order valence-corrected chi connectivity index (χ2v) is 6.08. The topological polar surface area (TPSA) is 44.8 Å². The summed E-state index contributed by atoms with van der Waals surface area (Å²) in [6.07, 6.45) is 0. The molecular weight excluding hydrogens is 294 g/mol. The lowest BCUT2D eigenvalue weighted by Gasteiger charge is -2.20. The molecule has 0 saturated carbocycles. The first-order valence-corrected chi connectivity index (χ1v) is 6.52. The van der Waals surface area contributed by atoms with Gasteiger partial charge in [-0.05, 0) is 36.4 Å². The van der Waals surface area contributed by atoms with Crippen LogP contribution in [0.25, 0.3) is 0 Å². The van der Waals surface area contributed by atoms with Gasteiger partial charge >= 0.3 is 7.60 Å². The number of ether oxygens (including phenoxy) is 1. The number of hydrogen-bond acceptors (Lipinski definition) is 4. The lowest BCUT2D eigenvalue weighted by Crippen LogP contribution is -2.08. The molecule has 6 heteroatoms. The van der Waals surface area contributed by atoms with Gasteiger partial charge in [-0.3, -0.25) is 4.57 Å². The summed E-state index contributed by atoms with van der Waals surface area (Å²) >= 11 is 1.90. The molecule has 0 aliphatic carbocycles. The normalized spacial score (nSPS) is 14.7. The van der Waals surface area contributed by atoms with Crippen LogP contribution < -0.4 is 0 Å². The van der Waals surface area contributed by atoms with Crippen LogP contribution in [-0.2, 0) is 18.3 Å². The molecule has 0 amide bonds. The Bertz CT molecular complexity index is 154. The van der Waals surface area contributed by atoms with Gasteiger partial charge in [-0.15, -0.1) is 0 Å². The number of methoxy groups -OCH3 is 1. The Kier molecular flexibility index (Phi) is 6.76. The van der Waals surface area contributed by atoms with Crippen LogP contribution in [0, 0.1) is 0 Å². The molecule has 0 N–H and O–H groups in total. The van der Waals surface area contributed by atoms with E-state index in [0.717, 1.165) is 0 Å². The van der Waals surface area contributed by atoms with E-state index in [2.05, 4.69) is 0 Å². The fourth-order valence-electron chi connectivity index (χ4n) is 0.643. The van der Waals surface area contributed by atoms with E-state index in [1.54, 1.807) is 13.8 Å². The summed E-state index contributed by atoms with van der Waals surface area (Å²) in [7, 11) is -1.57. The van der Waals surface area contributed by atoms with Crippen molar-refractivity contribution in [2.45, 2.75) is 17.7 Å². The molecule has 0 fully saturated rings. The Morgan fingerprint density at radius 1 is 1.33 bits per heavy atom. The highest BCUT2D eigenvalue weighted by Gasteiger charge is 2.33. The molecule has 0 radical (unpaired) electrons. The fraction of sp³-hybridized carbons (Fsp3) is 1.00. The van der Waals surface area contributed by atoms with Crippen molar-refractivity contribution in [1.82, 2.24) is 0 Å². The molecule has 0 saturated heterocycles. The molecule has 0 bridgehead atoms. The molecule has 0 rings (SSSR count). The van der Waals surface area contributed by atoms with Gasteiger partial charge in [-0.25, -0.2) is 0 Å². The van der Waals surface area contributed by atoms with Crippen LogP contribution in [0.3, 0.4) is 0 Å². The average Bonchev–Trinajstić information content (AvgIpc) is 2.04. The Morgan fingerprint density at radius 2 is 1.75 bits per heavy atom. The molecule has 1 unspecified atom stereocenters. The smallest absolute Gasteiger partial charge is 0.359 e. The minimum atomic E-state index is -3.05. The second-order valence-electron chi connectivity index (χ2n) is 1.90. The maximum absolute atomic E-state index is 11.8. The lowest BCUT2D eigenvalue weighted by atomic mass is 10.9. The van der Waals surface area contributed by atoms with Gasteiger partial charge in [-0.2, -0.15) is 0 Å². The largest absolute Gasteiger partial charge is 0.369 e. The number of rotatable bonds is 6. The third kappa shape index (κ3) is 3.70. The third-order valence-electron chi connectivity index (χ3n) is 1.06. The van der Waals surface area contributed by atoms with Gasteiger partial charge in [0.05, 0.1) is 13.2 Å². The summed E-state index contributed by atoms with van der Waals surface area (Å²) in [6.45, 7) is 4.26. The Hall–Kier alpha value is 0.840. The van der Waals surface area contributed by atoms with Crippen molar-refractivity contribution in [3.8, 4) is 0 Å². The van der Waals surface area contributed by atoms with Crippen LogP contribution in [0.4, 0.5) is 0 Å². The van der Waals surface area contributed by atoms with E-state index in [9.17, 15) is 4.57 Å². The SMILES string of the molecule is CCOP(=O)(OCC)C(I)OC. The van der Waals surface area contributed by atoms with E-state index >= 15 is 0 Å². The molecular formula is C6H14IO4P. The van der Waals surface area contributed by atoms with E-state index in [-0.39, 0.29) is 0 Å². The molecule has 74 valence electrons. The first-order valence-electron chi connectivity index (χ1n) is 3.66. The maximum Gasteiger partial charge on any atom is 0.369 e. The number of halogens is 1. The van der Waals surface area contributed by atoms with E-state index in [4.69, 9.17) is 13.8 Å². The van der Waals surface area contributed by atoms with Crippen LogP contribution >= 0.6 is 30.2 Å². The summed E-state index contributed by atoms with van der Waals surface area (Å²) in [4.78, 5) is 0. The zero-order chi connectivity index (χ0) is 9.61. The van der Waals surface area contributed by atoms with E-state index in [1.807, 2.05) is 22.6 Å². The summed E-state index contributed by atoms with van der Waals surface area (Å²) in [5.41, 5.74) is 0. The van der Waals surface area contributed by atoms with Crippen molar-refractivity contribution in [2.75, 3.05) is 20.3 Å². The Morgan fingerprint density at radius 3 is 2.00 bits per heavy atom. The maximum atomic E-state index is 11.8. The van der Waals surface area contributed by atoms with Crippen LogP contribution in [0.1, 0.15) is 13.8 Å². The molecule has 0 spiro atoms. The highest BCUT2D eigenvalue weighted by molar-refractivity contribution is 14.1.